The number of carbonyl (C=O) groups excluding carboxylic acids is 2. The van der Waals surface area contributed by atoms with E-state index in [1.54, 1.807) is 29.2 Å². The van der Waals surface area contributed by atoms with Crippen LogP contribution in [0.1, 0.15) is 45.1 Å². The Labute approximate surface area is 189 Å². The van der Waals surface area contributed by atoms with Crippen LogP contribution < -0.4 is 0 Å². The number of halogens is 2. The molecule has 0 spiro atoms. The lowest BCUT2D eigenvalue weighted by Gasteiger charge is -2.45. The van der Waals surface area contributed by atoms with Gasteiger partial charge in [-0.15, -0.1) is 0 Å². The molecule has 0 aliphatic carbocycles. The van der Waals surface area contributed by atoms with Crippen molar-refractivity contribution in [3.63, 3.8) is 0 Å². The molecule has 1 aromatic carbocycles. The Bertz CT molecular complexity index is 804. The van der Waals surface area contributed by atoms with Crippen molar-refractivity contribution in [1.82, 2.24) is 14.7 Å². The number of hydrogen-bond acceptors (Lipinski definition) is 3. The predicted octanol–water partition coefficient (Wildman–Crippen LogP) is 4.33. The van der Waals surface area contributed by atoms with Crippen LogP contribution in [0.25, 0.3) is 6.08 Å². The molecule has 0 radical (unpaired) electrons. The third-order valence-electron chi connectivity index (χ3n) is 6.06. The molecule has 3 rings (SSSR count). The van der Waals surface area contributed by atoms with Crippen molar-refractivity contribution in [2.45, 2.75) is 45.1 Å². The lowest BCUT2D eigenvalue weighted by molar-refractivity contribution is -0.156. The SMILES string of the molecule is CC1(C)C(=O)N(CCCN2CCCCC2)CCN1C(=O)/C=C/c1ccc(Cl)c(Cl)c1. The molecule has 2 aliphatic heterocycles. The Morgan fingerprint density at radius 1 is 1.03 bits per heavy atom. The quantitative estimate of drug-likeness (QED) is 0.604. The highest BCUT2D eigenvalue weighted by molar-refractivity contribution is 6.42. The first-order chi connectivity index (χ1) is 14.3. The van der Waals surface area contributed by atoms with Crippen molar-refractivity contribution in [3.05, 3.63) is 39.9 Å². The van der Waals surface area contributed by atoms with Gasteiger partial charge in [-0.2, -0.15) is 0 Å². The number of benzene rings is 1. The van der Waals surface area contributed by atoms with Crippen LogP contribution in [0.4, 0.5) is 0 Å². The summed E-state index contributed by atoms with van der Waals surface area (Å²) in [5.74, 6) is -0.156. The van der Waals surface area contributed by atoms with Gasteiger partial charge in [0.15, 0.2) is 0 Å². The third-order valence-corrected chi connectivity index (χ3v) is 6.80. The van der Waals surface area contributed by atoms with Crippen molar-refractivity contribution in [1.29, 1.82) is 0 Å². The normalized spacial score (nSPS) is 20.2. The van der Waals surface area contributed by atoms with Crippen LogP contribution in [0.5, 0.6) is 0 Å². The summed E-state index contributed by atoms with van der Waals surface area (Å²) in [5, 5.41) is 0.920. The van der Waals surface area contributed by atoms with Gasteiger partial charge in [0.1, 0.15) is 5.54 Å². The summed E-state index contributed by atoms with van der Waals surface area (Å²) in [5.41, 5.74) is -0.0687. The zero-order chi connectivity index (χ0) is 21.7. The van der Waals surface area contributed by atoms with Crippen molar-refractivity contribution in [2.24, 2.45) is 0 Å². The maximum Gasteiger partial charge on any atom is 0.248 e. The third kappa shape index (κ3) is 5.57. The molecular weight excluding hydrogens is 421 g/mol. The molecule has 2 heterocycles. The fraction of sp³-hybridized carbons (Fsp3) is 0.565. The molecule has 2 saturated heterocycles. The first kappa shape index (κ1) is 23.1. The van der Waals surface area contributed by atoms with Gasteiger partial charge in [0.05, 0.1) is 10.0 Å². The molecule has 0 saturated carbocycles. The minimum Gasteiger partial charge on any atom is -0.339 e. The minimum absolute atomic E-state index is 0.0173. The first-order valence-electron chi connectivity index (χ1n) is 10.8. The molecule has 0 N–H and O–H groups in total. The molecule has 0 atom stereocenters. The highest BCUT2D eigenvalue weighted by atomic mass is 35.5. The largest absolute Gasteiger partial charge is 0.339 e. The van der Waals surface area contributed by atoms with Crippen molar-refractivity contribution >= 4 is 41.1 Å². The van der Waals surface area contributed by atoms with E-state index in [1.165, 1.54) is 38.4 Å². The standard InChI is InChI=1S/C23H31Cl2N3O2/c1-23(2)22(30)27(14-6-13-26-11-4-3-5-12-26)15-16-28(23)21(29)10-8-18-7-9-19(24)20(25)17-18/h7-10,17H,3-6,11-16H2,1-2H3/b10-8+. The van der Waals surface area contributed by atoms with Gasteiger partial charge in [-0.25, -0.2) is 0 Å². The molecular formula is C23H31Cl2N3O2. The van der Waals surface area contributed by atoms with Crippen LogP contribution in [-0.2, 0) is 9.59 Å². The molecule has 7 heteroatoms. The highest BCUT2D eigenvalue weighted by Gasteiger charge is 2.43. The van der Waals surface area contributed by atoms with E-state index in [0.717, 1.165) is 25.1 Å². The number of piperidine rings is 1. The van der Waals surface area contributed by atoms with Crippen LogP contribution in [-0.4, -0.2) is 71.3 Å². The molecule has 5 nitrogen and oxygen atoms in total. The molecule has 30 heavy (non-hydrogen) atoms. The summed E-state index contributed by atoms with van der Waals surface area (Å²) in [4.78, 5) is 31.9. The second kappa shape index (κ2) is 10.2. The van der Waals surface area contributed by atoms with Crippen LogP contribution in [0, 0.1) is 0 Å². The predicted molar refractivity (Wildman–Crippen MR) is 123 cm³/mol. The molecule has 0 aromatic heterocycles. The summed E-state index contributed by atoms with van der Waals surface area (Å²) in [6, 6.07) is 5.21. The van der Waals surface area contributed by atoms with Crippen LogP contribution in [0.15, 0.2) is 24.3 Å². The molecule has 2 fully saturated rings. The molecule has 0 unspecified atom stereocenters. The maximum atomic E-state index is 13.1. The van der Waals surface area contributed by atoms with Crippen molar-refractivity contribution < 1.29 is 9.59 Å². The highest BCUT2D eigenvalue weighted by Crippen LogP contribution is 2.25. The lowest BCUT2D eigenvalue weighted by Crippen LogP contribution is -2.64. The summed E-state index contributed by atoms with van der Waals surface area (Å²) in [6.45, 7) is 8.91. The van der Waals surface area contributed by atoms with Gasteiger partial charge in [-0.05, 0) is 76.5 Å². The molecule has 164 valence electrons. The van der Waals surface area contributed by atoms with E-state index in [0.29, 0.717) is 23.1 Å². The zero-order valence-corrected chi connectivity index (χ0v) is 19.4. The van der Waals surface area contributed by atoms with E-state index in [4.69, 9.17) is 23.2 Å². The Morgan fingerprint density at radius 3 is 2.47 bits per heavy atom. The number of likely N-dealkylation sites (tertiary alicyclic amines) is 1. The lowest BCUT2D eigenvalue weighted by atomic mass is 9.97. The second-order valence-corrected chi connectivity index (χ2v) is 9.42. The van der Waals surface area contributed by atoms with Crippen molar-refractivity contribution in [3.8, 4) is 0 Å². The Balaban J connectivity index is 1.55. The van der Waals surface area contributed by atoms with Gasteiger partial charge in [0.25, 0.3) is 0 Å². The summed E-state index contributed by atoms with van der Waals surface area (Å²) >= 11 is 12.0. The van der Waals surface area contributed by atoms with Gasteiger partial charge in [0.2, 0.25) is 11.8 Å². The number of nitrogens with zero attached hydrogens (tertiary/aromatic N) is 3. The fourth-order valence-corrected chi connectivity index (χ4v) is 4.55. The summed E-state index contributed by atoms with van der Waals surface area (Å²) in [7, 11) is 0. The second-order valence-electron chi connectivity index (χ2n) is 8.60. The van der Waals surface area contributed by atoms with E-state index in [-0.39, 0.29) is 11.8 Å². The number of amides is 2. The smallest absolute Gasteiger partial charge is 0.248 e. The van der Waals surface area contributed by atoms with Gasteiger partial charge >= 0.3 is 0 Å². The fourth-order valence-electron chi connectivity index (χ4n) is 4.24. The Morgan fingerprint density at radius 2 is 1.77 bits per heavy atom. The summed E-state index contributed by atoms with van der Waals surface area (Å²) < 4.78 is 0. The number of piperazine rings is 1. The van der Waals surface area contributed by atoms with E-state index in [2.05, 4.69) is 4.90 Å². The van der Waals surface area contributed by atoms with Crippen LogP contribution in [0.3, 0.4) is 0 Å². The number of carbonyl (C=O) groups is 2. The average molecular weight is 452 g/mol. The molecule has 2 aliphatic rings. The minimum atomic E-state index is -0.859. The van der Waals surface area contributed by atoms with Crippen molar-refractivity contribution in [2.75, 3.05) is 39.3 Å². The van der Waals surface area contributed by atoms with Gasteiger partial charge in [-0.1, -0.05) is 35.7 Å². The number of hydrogen-bond donors (Lipinski definition) is 0. The van der Waals surface area contributed by atoms with Crippen LogP contribution >= 0.6 is 23.2 Å². The van der Waals surface area contributed by atoms with Crippen LogP contribution in [0.2, 0.25) is 10.0 Å². The first-order valence-corrected chi connectivity index (χ1v) is 11.5. The van der Waals surface area contributed by atoms with Gasteiger partial charge in [-0.3, -0.25) is 9.59 Å². The Hall–Kier alpha value is -1.56. The summed E-state index contributed by atoms with van der Waals surface area (Å²) in [6.07, 6.45) is 8.08. The van der Waals surface area contributed by atoms with Gasteiger partial charge in [0, 0.05) is 25.7 Å². The molecule has 1 aromatic rings. The van der Waals surface area contributed by atoms with E-state index < -0.39 is 5.54 Å². The maximum absolute atomic E-state index is 13.1. The van der Waals surface area contributed by atoms with E-state index in [1.807, 2.05) is 18.7 Å². The van der Waals surface area contributed by atoms with Gasteiger partial charge < -0.3 is 14.7 Å². The topological polar surface area (TPSA) is 43.9 Å². The molecule has 2 amide bonds. The average Bonchev–Trinajstić information content (AvgIpc) is 2.72. The Kier molecular flexibility index (Phi) is 7.83. The van der Waals surface area contributed by atoms with E-state index in [9.17, 15) is 9.59 Å². The zero-order valence-electron chi connectivity index (χ0n) is 17.9. The monoisotopic (exact) mass is 451 g/mol. The number of rotatable bonds is 6. The molecule has 0 bridgehead atoms. The van der Waals surface area contributed by atoms with E-state index >= 15 is 0 Å².